The lowest BCUT2D eigenvalue weighted by Gasteiger charge is -2.22. The summed E-state index contributed by atoms with van der Waals surface area (Å²) < 4.78 is 28.4. The van der Waals surface area contributed by atoms with Crippen LogP contribution in [0.5, 0.6) is 0 Å². The third-order valence-corrected chi connectivity index (χ3v) is 7.63. The molecule has 7 nitrogen and oxygen atoms in total. The van der Waals surface area contributed by atoms with Gasteiger partial charge in [-0.3, -0.25) is 14.3 Å². The van der Waals surface area contributed by atoms with Crippen LogP contribution in [0.3, 0.4) is 0 Å². The van der Waals surface area contributed by atoms with E-state index < -0.39 is 21.4 Å². The zero-order valence-corrected chi connectivity index (χ0v) is 19.1. The molecule has 1 heterocycles. The summed E-state index contributed by atoms with van der Waals surface area (Å²) >= 11 is 6.09. The Morgan fingerprint density at radius 1 is 1.12 bits per heavy atom. The molecule has 0 atom stereocenters. The Labute approximate surface area is 191 Å². The average molecular weight is 474 g/mol. The Hall–Kier alpha value is -2.84. The third kappa shape index (κ3) is 4.52. The fourth-order valence-electron chi connectivity index (χ4n) is 3.97. The third-order valence-electron chi connectivity index (χ3n) is 5.86. The van der Waals surface area contributed by atoms with Crippen LogP contribution in [0.4, 0.5) is 5.69 Å². The minimum Gasteiger partial charge on any atom is -0.360 e. The quantitative estimate of drug-likeness (QED) is 0.511. The van der Waals surface area contributed by atoms with Crippen molar-refractivity contribution in [3.63, 3.8) is 0 Å². The number of H-pyrrole nitrogens is 1. The van der Waals surface area contributed by atoms with Gasteiger partial charge >= 0.3 is 0 Å². The molecule has 0 spiro atoms. The Kier molecular flexibility index (Phi) is 6.26. The number of amides is 1. The number of aromatic nitrogens is 1. The van der Waals surface area contributed by atoms with Crippen LogP contribution in [0.25, 0.3) is 10.9 Å². The van der Waals surface area contributed by atoms with Gasteiger partial charge in [0.05, 0.1) is 10.6 Å². The Bertz CT molecular complexity index is 1350. The van der Waals surface area contributed by atoms with Gasteiger partial charge in [-0.25, -0.2) is 8.42 Å². The molecule has 2 aromatic carbocycles. The molecule has 0 saturated heterocycles. The SMILES string of the molecule is Cc1c(Cl)cccc1NS(=O)(=O)c1ccc2[nH]cc(C(=O)NC3CCCCC3)c(=O)c2c1. The summed E-state index contributed by atoms with van der Waals surface area (Å²) in [6.45, 7) is 1.71. The van der Waals surface area contributed by atoms with Crippen molar-refractivity contribution in [2.75, 3.05) is 4.72 Å². The number of hydrogen-bond acceptors (Lipinski definition) is 4. The molecule has 9 heteroatoms. The Morgan fingerprint density at radius 2 is 1.88 bits per heavy atom. The summed E-state index contributed by atoms with van der Waals surface area (Å²) in [5.74, 6) is -0.444. The number of carbonyl (C=O) groups excluding carboxylic acids is 1. The van der Waals surface area contributed by atoms with Gasteiger partial charge in [0.2, 0.25) is 5.43 Å². The number of pyridine rings is 1. The van der Waals surface area contributed by atoms with Crippen LogP contribution in [-0.2, 0) is 10.0 Å². The molecular formula is C23H24ClN3O4S. The first-order chi connectivity index (χ1) is 15.3. The number of rotatable bonds is 5. The maximum atomic E-state index is 13.0. The first kappa shape index (κ1) is 22.4. The summed E-state index contributed by atoms with van der Waals surface area (Å²) in [6.07, 6.45) is 6.44. The molecule has 4 rings (SSSR count). The van der Waals surface area contributed by atoms with Crippen molar-refractivity contribution in [1.29, 1.82) is 0 Å². The second-order valence-corrected chi connectivity index (χ2v) is 10.2. The molecule has 168 valence electrons. The summed E-state index contributed by atoms with van der Waals surface area (Å²) in [5, 5.41) is 3.50. The fourth-order valence-corrected chi connectivity index (χ4v) is 5.29. The van der Waals surface area contributed by atoms with Gasteiger partial charge < -0.3 is 10.3 Å². The molecule has 1 aliphatic rings. The molecule has 3 aromatic rings. The van der Waals surface area contributed by atoms with Gasteiger partial charge in [0.25, 0.3) is 15.9 Å². The van der Waals surface area contributed by atoms with Crippen LogP contribution < -0.4 is 15.5 Å². The summed E-state index contributed by atoms with van der Waals surface area (Å²) in [4.78, 5) is 28.6. The van der Waals surface area contributed by atoms with E-state index in [0.717, 1.165) is 32.1 Å². The van der Waals surface area contributed by atoms with Crippen LogP contribution in [0, 0.1) is 6.92 Å². The number of aromatic amines is 1. The van der Waals surface area contributed by atoms with Gasteiger partial charge in [-0.15, -0.1) is 0 Å². The number of nitrogens with one attached hydrogen (secondary N) is 3. The Balaban J connectivity index is 1.67. The predicted molar refractivity (Wildman–Crippen MR) is 126 cm³/mol. The van der Waals surface area contributed by atoms with E-state index in [0.29, 0.717) is 21.8 Å². The van der Waals surface area contributed by atoms with Gasteiger partial charge in [0.15, 0.2) is 0 Å². The highest BCUT2D eigenvalue weighted by Crippen LogP contribution is 2.26. The van der Waals surface area contributed by atoms with E-state index >= 15 is 0 Å². The van der Waals surface area contributed by atoms with E-state index in [2.05, 4.69) is 15.0 Å². The van der Waals surface area contributed by atoms with Crippen molar-refractivity contribution in [3.05, 3.63) is 69.0 Å². The largest absolute Gasteiger partial charge is 0.360 e. The zero-order chi connectivity index (χ0) is 22.9. The summed E-state index contributed by atoms with van der Waals surface area (Å²) in [7, 11) is -3.98. The Morgan fingerprint density at radius 3 is 2.62 bits per heavy atom. The first-order valence-corrected chi connectivity index (χ1v) is 12.4. The van der Waals surface area contributed by atoms with E-state index in [1.54, 1.807) is 25.1 Å². The van der Waals surface area contributed by atoms with Gasteiger partial charge in [-0.1, -0.05) is 36.9 Å². The number of anilines is 1. The van der Waals surface area contributed by atoms with Gasteiger partial charge in [-0.2, -0.15) is 0 Å². The first-order valence-electron chi connectivity index (χ1n) is 10.5. The van der Waals surface area contributed by atoms with Crippen LogP contribution in [-0.4, -0.2) is 25.4 Å². The molecule has 0 unspecified atom stereocenters. The number of fused-ring (bicyclic) bond motifs is 1. The average Bonchev–Trinajstić information content (AvgIpc) is 2.77. The van der Waals surface area contributed by atoms with Crippen LogP contribution in [0.15, 0.2) is 52.3 Å². The van der Waals surface area contributed by atoms with Gasteiger partial charge in [0.1, 0.15) is 5.56 Å². The molecule has 1 aliphatic carbocycles. The molecule has 1 aromatic heterocycles. The molecule has 1 saturated carbocycles. The maximum Gasteiger partial charge on any atom is 0.261 e. The van der Waals surface area contributed by atoms with Crippen molar-refractivity contribution in [2.45, 2.75) is 50.0 Å². The molecule has 0 radical (unpaired) electrons. The van der Waals surface area contributed by atoms with Crippen molar-refractivity contribution in [3.8, 4) is 0 Å². The zero-order valence-electron chi connectivity index (χ0n) is 17.6. The second-order valence-electron chi connectivity index (χ2n) is 8.07. The van der Waals surface area contributed by atoms with Crippen molar-refractivity contribution in [2.24, 2.45) is 0 Å². The van der Waals surface area contributed by atoms with Crippen LogP contribution >= 0.6 is 11.6 Å². The predicted octanol–water partition coefficient (Wildman–Crippen LogP) is 4.35. The lowest BCUT2D eigenvalue weighted by Crippen LogP contribution is -2.38. The van der Waals surface area contributed by atoms with Gasteiger partial charge in [-0.05, 0) is 55.7 Å². The van der Waals surface area contributed by atoms with E-state index in [1.807, 2.05) is 0 Å². The lowest BCUT2D eigenvalue weighted by atomic mass is 9.95. The van der Waals surface area contributed by atoms with E-state index in [4.69, 9.17) is 11.6 Å². The normalized spacial score (nSPS) is 14.9. The second kappa shape index (κ2) is 8.96. The molecule has 3 N–H and O–H groups in total. The summed E-state index contributed by atoms with van der Waals surface area (Å²) in [6, 6.07) is 9.19. The number of benzene rings is 2. The van der Waals surface area contributed by atoms with Crippen molar-refractivity contribution < 1.29 is 13.2 Å². The molecule has 1 amide bonds. The minimum absolute atomic E-state index is 0.0312. The standard InChI is InChI=1S/C23H24ClN3O4S/c1-14-19(24)8-5-9-20(14)27-32(30,31)16-10-11-21-17(12-16)22(28)18(13-25-21)23(29)26-15-6-3-2-4-7-15/h5,8-13,15,27H,2-4,6-7H2,1H3,(H,25,28)(H,26,29). The minimum atomic E-state index is -3.98. The molecule has 32 heavy (non-hydrogen) atoms. The number of hydrogen-bond donors (Lipinski definition) is 3. The lowest BCUT2D eigenvalue weighted by molar-refractivity contribution is 0.0926. The fraction of sp³-hybridized carbons (Fsp3) is 0.304. The topological polar surface area (TPSA) is 108 Å². The van der Waals surface area contributed by atoms with Crippen molar-refractivity contribution >= 4 is 44.1 Å². The van der Waals surface area contributed by atoms with Gasteiger partial charge in [0, 0.05) is 28.2 Å². The molecule has 1 fully saturated rings. The van der Waals surface area contributed by atoms with E-state index in [-0.39, 0.29) is 21.9 Å². The van der Waals surface area contributed by atoms with Crippen LogP contribution in [0.2, 0.25) is 5.02 Å². The molecular weight excluding hydrogens is 450 g/mol. The maximum absolute atomic E-state index is 13.0. The monoisotopic (exact) mass is 473 g/mol. The highest BCUT2D eigenvalue weighted by atomic mass is 35.5. The molecule has 0 bridgehead atoms. The highest BCUT2D eigenvalue weighted by molar-refractivity contribution is 7.92. The summed E-state index contributed by atoms with van der Waals surface area (Å²) in [5.41, 5.74) is 0.853. The van der Waals surface area contributed by atoms with Crippen molar-refractivity contribution in [1.82, 2.24) is 10.3 Å². The smallest absolute Gasteiger partial charge is 0.261 e. The van der Waals surface area contributed by atoms with Crippen LogP contribution in [0.1, 0.15) is 48.0 Å². The van der Waals surface area contributed by atoms with E-state index in [1.165, 1.54) is 24.4 Å². The number of carbonyl (C=O) groups is 1. The molecule has 0 aliphatic heterocycles. The van der Waals surface area contributed by atoms with E-state index in [9.17, 15) is 18.0 Å². The highest BCUT2D eigenvalue weighted by Gasteiger charge is 2.21. The number of halogens is 1. The number of sulfonamides is 1.